The van der Waals surface area contributed by atoms with Gasteiger partial charge in [-0.2, -0.15) is 5.10 Å². The van der Waals surface area contributed by atoms with Crippen LogP contribution < -0.4 is 5.73 Å². The van der Waals surface area contributed by atoms with E-state index in [0.717, 1.165) is 29.3 Å². The first kappa shape index (κ1) is 16.0. The fourth-order valence-corrected chi connectivity index (χ4v) is 3.57. The fraction of sp³-hybridized carbons (Fsp3) is 0.412. The number of benzene rings is 1. The summed E-state index contributed by atoms with van der Waals surface area (Å²) in [5.74, 6) is 0.906. The lowest BCUT2D eigenvalue weighted by molar-refractivity contribution is 0.782. The third-order valence-corrected chi connectivity index (χ3v) is 4.81. The Balaban J connectivity index is 2.26. The predicted octanol–water partition coefficient (Wildman–Crippen LogP) is 3.66. The molecule has 0 saturated heterocycles. The molecule has 112 valence electrons. The number of hydrogen-bond acceptors (Lipinski definition) is 4. The van der Waals surface area contributed by atoms with Crippen molar-refractivity contribution in [1.29, 1.82) is 0 Å². The molecule has 0 spiro atoms. The quantitative estimate of drug-likeness (QED) is 0.827. The van der Waals surface area contributed by atoms with Crippen LogP contribution in [0.5, 0.6) is 0 Å². The van der Waals surface area contributed by atoms with Crippen LogP contribution in [0, 0.1) is 6.92 Å². The second-order valence-electron chi connectivity index (χ2n) is 5.04. The zero-order valence-electron chi connectivity index (χ0n) is 13.0. The van der Waals surface area contributed by atoms with Crippen molar-refractivity contribution in [2.45, 2.75) is 50.9 Å². The Morgan fingerprint density at radius 2 is 1.81 bits per heavy atom. The van der Waals surface area contributed by atoms with Gasteiger partial charge in [-0.1, -0.05) is 49.9 Å². The summed E-state index contributed by atoms with van der Waals surface area (Å²) in [6.07, 6.45) is 1.87. The van der Waals surface area contributed by atoms with Gasteiger partial charge in [0.15, 0.2) is 0 Å². The van der Waals surface area contributed by atoms with Crippen molar-refractivity contribution in [1.82, 2.24) is 10.2 Å². The minimum absolute atomic E-state index is 0.530. The van der Waals surface area contributed by atoms with Gasteiger partial charge in [0.25, 0.3) is 0 Å². The van der Waals surface area contributed by atoms with Gasteiger partial charge in [-0.05, 0) is 36.5 Å². The number of aryl methyl sites for hydroxylation is 2. The van der Waals surface area contributed by atoms with Gasteiger partial charge in [0, 0.05) is 17.9 Å². The minimum Gasteiger partial charge on any atom is -0.326 e. The number of aromatic nitrogens is 2. The highest BCUT2D eigenvalue weighted by Crippen LogP contribution is 2.28. The molecule has 0 aliphatic heterocycles. The summed E-state index contributed by atoms with van der Waals surface area (Å²) in [6.45, 7) is 6.94. The van der Waals surface area contributed by atoms with Gasteiger partial charge >= 0.3 is 0 Å². The van der Waals surface area contributed by atoms with Gasteiger partial charge in [0.05, 0.1) is 5.69 Å². The standard InChI is InChI=1S/C17H23N3S/c1-4-14-15(10-18)17(20-19-16(14)5-2)21-11-13-9-7-6-8-12(13)3/h6-9H,4-5,10-11,18H2,1-3H3. The van der Waals surface area contributed by atoms with Crippen LogP contribution in [0.1, 0.15) is 41.8 Å². The van der Waals surface area contributed by atoms with Gasteiger partial charge < -0.3 is 5.73 Å². The van der Waals surface area contributed by atoms with Crippen molar-refractivity contribution in [3.05, 3.63) is 52.2 Å². The number of thioether (sulfide) groups is 1. The Hall–Kier alpha value is -1.39. The molecule has 1 aromatic heterocycles. The predicted molar refractivity (Wildman–Crippen MR) is 89.4 cm³/mol. The Bertz CT molecular complexity index is 611. The molecular weight excluding hydrogens is 278 g/mol. The second-order valence-corrected chi connectivity index (χ2v) is 6.00. The maximum absolute atomic E-state index is 5.97. The summed E-state index contributed by atoms with van der Waals surface area (Å²) < 4.78 is 0. The van der Waals surface area contributed by atoms with Crippen LogP contribution in [-0.2, 0) is 25.1 Å². The lowest BCUT2D eigenvalue weighted by atomic mass is 10.0. The van der Waals surface area contributed by atoms with E-state index in [1.54, 1.807) is 11.8 Å². The molecule has 0 saturated carbocycles. The molecular formula is C17H23N3S. The molecule has 0 aliphatic carbocycles. The van der Waals surface area contributed by atoms with Gasteiger partial charge in [-0.3, -0.25) is 0 Å². The van der Waals surface area contributed by atoms with E-state index in [1.165, 1.54) is 22.3 Å². The Morgan fingerprint density at radius 3 is 2.43 bits per heavy atom. The summed E-state index contributed by atoms with van der Waals surface area (Å²) >= 11 is 1.73. The average Bonchev–Trinajstić information content (AvgIpc) is 2.52. The first-order valence-electron chi connectivity index (χ1n) is 7.45. The third-order valence-electron chi connectivity index (χ3n) is 3.75. The smallest absolute Gasteiger partial charge is 0.124 e. The highest BCUT2D eigenvalue weighted by atomic mass is 32.2. The molecule has 0 amide bonds. The van der Waals surface area contributed by atoms with Gasteiger partial charge in [0.2, 0.25) is 0 Å². The molecule has 0 fully saturated rings. The van der Waals surface area contributed by atoms with Crippen LogP contribution in [0.2, 0.25) is 0 Å². The molecule has 0 aliphatic rings. The van der Waals surface area contributed by atoms with E-state index in [9.17, 15) is 0 Å². The topological polar surface area (TPSA) is 51.8 Å². The van der Waals surface area contributed by atoms with E-state index in [1.807, 2.05) is 0 Å². The van der Waals surface area contributed by atoms with Gasteiger partial charge in [-0.15, -0.1) is 5.10 Å². The molecule has 3 nitrogen and oxygen atoms in total. The average molecular weight is 301 g/mol. The highest BCUT2D eigenvalue weighted by Gasteiger charge is 2.14. The molecule has 2 rings (SSSR count). The first-order chi connectivity index (χ1) is 10.2. The molecule has 0 unspecified atom stereocenters. The van der Waals surface area contributed by atoms with E-state index in [2.05, 4.69) is 55.2 Å². The Kier molecular flexibility index (Phi) is 5.76. The highest BCUT2D eigenvalue weighted by molar-refractivity contribution is 7.98. The molecule has 1 heterocycles. The fourth-order valence-electron chi connectivity index (χ4n) is 2.48. The summed E-state index contributed by atoms with van der Waals surface area (Å²) in [4.78, 5) is 0. The Morgan fingerprint density at radius 1 is 1.05 bits per heavy atom. The summed E-state index contributed by atoms with van der Waals surface area (Å²) in [5.41, 5.74) is 12.2. The van der Waals surface area contributed by atoms with Crippen LogP contribution >= 0.6 is 11.8 Å². The maximum Gasteiger partial charge on any atom is 0.124 e. The molecule has 4 heteroatoms. The molecule has 2 N–H and O–H groups in total. The lowest BCUT2D eigenvalue weighted by Crippen LogP contribution is -2.10. The third kappa shape index (κ3) is 3.63. The van der Waals surface area contributed by atoms with Crippen LogP contribution in [-0.4, -0.2) is 10.2 Å². The van der Waals surface area contributed by atoms with Crippen LogP contribution in [0.25, 0.3) is 0 Å². The molecule has 0 atom stereocenters. The van der Waals surface area contributed by atoms with E-state index in [4.69, 9.17) is 5.73 Å². The van der Waals surface area contributed by atoms with Crippen molar-refractivity contribution in [2.24, 2.45) is 5.73 Å². The normalized spacial score (nSPS) is 10.9. The zero-order valence-corrected chi connectivity index (χ0v) is 13.8. The number of nitrogens with zero attached hydrogens (tertiary/aromatic N) is 2. The van der Waals surface area contributed by atoms with Crippen molar-refractivity contribution < 1.29 is 0 Å². The van der Waals surface area contributed by atoms with E-state index < -0.39 is 0 Å². The van der Waals surface area contributed by atoms with E-state index in [-0.39, 0.29) is 0 Å². The van der Waals surface area contributed by atoms with Crippen LogP contribution in [0.15, 0.2) is 29.3 Å². The zero-order chi connectivity index (χ0) is 15.2. The van der Waals surface area contributed by atoms with Gasteiger partial charge in [0.1, 0.15) is 5.03 Å². The number of rotatable bonds is 6. The molecule has 0 radical (unpaired) electrons. The SMILES string of the molecule is CCc1nnc(SCc2ccccc2C)c(CN)c1CC. The summed E-state index contributed by atoms with van der Waals surface area (Å²) in [6, 6.07) is 8.46. The van der Waals surface area contributed by atoms with Crippen molar-refractivity contribution in [2.75, 3.05) is 0 Å². The number of nitrogens with two attached hydrogens (primary N) is 1. The van der Waals surface area contributed by atoms with E-state index >= 15 is 0 Å². The molecule has 1 aromatic carbocycles. The van der Waals surface area contributed by atoms with Crippen LogP contribution in [0.4, 0.5) is 0 Å². The van der Waals surface area contributed by atoms with Crippen LogP contribution in [0.3, 0.4) is 0 Å². The van der Waals surface area contributed by atoms with Crippen molar-refractivity contribution >= 4 is 11.8 Å². The monoisotopic (exact) mass is 301 g/mol. The van der Waals surface area contributed by atoms with E-state index in [0.29, 0.717) is 6.54 Å². The number of hydrogen-bond donors (Lipinski definition) is 1. The summed E-state index contributed by atoms with van der Waals surface area (Å²) in [5, 5.41) is 9.77. The molecule has 21 heavy (non-hydrogen) atoms. The van der Waals surface area contributed by atoms with Crippen molar-refractivity contribution in [3.8, 4) is 0 Å². The second kappa shape index (κ2) is 7.57. The maximum atomic E-state index is 5.97. The molecule has 0 bridgehead atoms. The lowest BCUT2D eigenvalue weighted by Gasteiger charge is -2.14. The largest absolute Gasteiger partial charge is 0.326 e. The Labute approximate surface area is 131 Å². The molecule has 2 aromatic rings. The van der Waals surface area contributed by atoms with Gasteiger partial charge in [-0.25, -0.2) is 0 Å². The van der Waals surface area contributed by atoms with Crippen molar-refractivity contribution in [3.63, 3.8) is 0 Å². The first-order valence-corrected chi connectivity index (χ1v) is 8.44. The summed E-state index contributed by atoms with van der Waals surface area (Å²) in [7, 11) is 0. The minimum atomic E-state index is 0.530.